The molecular formula is C16H27N3O. The summed E-state index contributed by atoms with van der Waals surface area (Å²) in [5.41, 5.74) is 7.68. The first-order valence-corrected chi connectivity index (χ1v) is 7.19. The van der Waals surface area contributed by atoms with Crippen LogP contribution in [-0.2, 0) is 4.79 Å². The van der Waals surface area contributed by atoms with E-state index >= 15 is 0 Å². The van der Waals surface area contributed by atoms with Gasteiger partial charge in [0.15, 0.2) is 0 Å². The van der Waals surface area contributed by atoms with Crippen LogP contribution in [-0.4, -0.2) is 26.5 Å². The average Bonchev–Trinajstić information content (AvgIpc) is 2.37. The van der Waals surface area contributed by atoms with Crippen molar-refractivity contribution in [2.75, 3.05) is 30.9 Å². The van der Waals surface area contributed by atoms with Crippen molar-refractivity contribution in [2.45, 2.75) is 26.7 Å². The number of hydrogen-bond acceptors (Lipinski definition) is 3. The first-order valence-electron chi connectivity index (χ1n) is 7.19. The fourth-order valence-electron chi connectivity index (χ4n) is 2.25. The van der Waals surface area contributed by atoms with E-state index in [0.717, 1.165) is 17.8 Å². The Balaban J connectivity index is 2.52. The molecule has 0 fully saturated rings. The van der Waals surface area contributed by atoms with Gasteiger partial charge < -0.3 is 16.0 Å². The molecule has 0 heterocycles. The lowest BCUT2D eigenvalue weighted by Gasteiger charge is -2.17. The zero-order valence-corrected chi connectivity index (χ0v) is 13.0. The van der Waals surface area contributed by atoms with E-state index in [4.69, 9.17) is 5.73 Å². The van der Waals surface area contributed by atoms with Crippen LogP contribution in [0.3, 0.4) is 0 Å². The summed E-state index contributed by atoms with van der Waals surface area (Å²) in [5.74, 6) is 0.866. The minimum Gasteiger partial charge on any atom is -0.378 e. The average molecular weight is 277 g/mol. The minimum absolute atomic E-state index is 0.0405. The molecule has 3 N–H and O–H groups in total. The van der Waals surface area contributed by atoms with Gasteiger partial charge in [-0.2, -0.15) is 0 Å². The molecule has 1 aromatic rings. The Labute approximate surface area is 122 Å². The van der Waals surface area contributed by atoms with Crippen molar-refractivity contribution >= 4 is 17.3 Å². The number of nitrogens with zero attached hydrogens (tertiary/aromatic N) is 1. The van der Waals surface area contributed by atoms with Crippen molar-refractivity contribution in [3.05, 3.63) is 24.3 Å². The van der Waals surface area contributed by atoms with Crippen molar-refractivity contribution in [2.24, 2.45) is 17.6 Å². The highest BCUT2D eigenvalue weighted by molar-refractivity contribution is 5.91. The lowest BCUT2D eigenvalue weighted by atomic mass is 9.94. The number of carbonyl (C=O) groups is 1. The number of anilines is 2. The van der Waals surface area contributed by atoms with Crippen LogP contribution >= 0.6 is 0 Å². The summed E-state index contributed by atoms with van der Waals surface area (Å²) in [7, 11) is 3.98. The molecule has 4 nitrogen and oxygen atoms in total. The Hall–Kier alpha value is -1.55. The summed E-state index contributed by atoms with van der Waals surface area (Å²) >= 11 is 0. The molecule has 0 aliphatic carbocycles. The summed E-state index contributed by atoms with van der Waals surface area (Å²) < 4.78 is 0. The summed E-state index contributed by atoms with van der Waals surface area (Å²) in [6, 6.07) is 7.83. The topological polar surface area (TPSA) is 58.4 Å². The van der Waals surface area contributed by atoms with Crippen LogP contribution in [0.5, 0.6) is 0 Å². The molecule has 20 heavy (non-hydrogen) atoms. The first-order chi connectivity index (χ1) is 9.42. The third kappa shape index (κ3) is 5.61. The van der Waals surface area contributed by atoms with Gasteiger partial charge in [-0.15, -0.1) is 0 Å². The van der Waals surface area contributed by atoms with E-state index in [9.17, 15) is 4.79 Å². The summed E-state index contributed by atoms with van der Waals surface area (Å²) in [4.78, 5) is 14.0. The molecule has 112 valence electrons. The van der Waals surface area contributed by atoms with Crippen LogP contribution in [0.15, 0.2) is 24.3 Å². The Morgan fingerprint density at radius 3 is 2.30 bits per heavy atom. The van der Waals surface area contributed by atoms with Crippen molar-refractivity contribution < 1.29 is 4.79 Å². The van der Waals surface area contributed by atoms with E-state index in [-0.39, 0.29) is 11.8 Å². The SMILES string of the molecule is CC(C)C[C@H](CN)CC(=O)Nc1ccc(N(C)C)cc1. The maximum absolute atomic E-state index is 12.0. The van der Waals surface area contributed by atoms with E-state index in [1.54, 1.807) is 0 Å². The van der Waals surface area contributed by atoms with Crippen LogP contribution in [0.2, 0.25) is 0 Å². The summed E-state index contributed by atoms with van der Waals surface area (Å²) in [5, 5.41) is 2.93. The number of benzene rings is 1. The fourth-order valence-corrected chi connectivity index (χ4v) is 2.25. The molecule has 1 atom stereocenters. The third-order valence-corrected chi connectivity index (χ3v) is 3.28. The van der Waals surface area contributed by atoms with E-state index < -0.39 is 0 Å². The van der Waals surface area contributed by atoms with E-state index in [0.29, 0.717) is 18.9 Å². The predicted molar refractivity (Wildman–Crippen MR) is 86.0 cm³/mol. The van der Waals surface area contributed by atoms with Gasteiger partial charge in [-0.3, -0.25) is 4.79 Å². The molecule has 0 aromatic heterocycles. The summed E-state index contributed by atoms with van der Waals surface area (Å²) in [6.45, 7) is 4.87. The second-order valence-corrected chi connectivity index (χ2v) is 5.92. The second kappa shape index (κ2) is 7.90. The highest BCUT2D eigenvalue weighted by atomic mass is 16.1. The number of hydrogen-bond donors (Lipinski definition) is 2. The zero-order chi connectivity index (χ0) is 15.1. The predicted octanol–water partition coefficient (Wildman–Crippen LogP) is 2.70. The molecule has 0 spiro atoms. The van der Waals surface area contributed by atoms with Gasteiger partial charge in [0.1, 0.15) is 0 Å². The number of amides is 1. The lowest BCUT2D eigenvalue weighted by molar-refractivity contribution is -0.117. The molecule has 0 aliphatic rings. The maximum atomic E-state index is 12.0. The van der Waals surface area contributed by atoms with Crippen LogP contribution in [0, 0.1) is 11.8 Å². The van der Waals surface area contributed by atoms with Crippen molar-refractivity contribution in [3.63, 3.8) is 0 Å². The second-order valence-electron chi connectivity index (χ2n) is 5.92. The molecule has 0 radical (unpaired) electrons. The van der Waals surface area contributed by atoms with Crippen molar-refractivity contribution in [3.8, 4) is 0 Å². The number of nitrogens with one attached hydrogen (secondary N) is 1. The van der Waals surface area contributed by atoms with E-state index in [2.05, 4.69) is 19.2 Å². The molecule has 0 aliphatic heterocycles. The van der Waals surface area contributed by atoms with Gasteiger partial charge >= 0.3 is 0 Å². The first kappa shape index (κ1) is 16.5. The third-order valence-electron chi connectivity index (χ3n) is 3.28. The van der Waals surface area contributed by atoms with Gasteiger partial charge in [0.05, 0.1) is 0 Å². The Kier molecular flexibility index (Phi) is 6.52. The largest absolute Gasteiger partial charge is 0.378 e. The van der Waals surface area contributed by atoms with Gasteiger partial charge in [-0.25, -0.2) is 0 Å². The van der Waals surface area contributed by atoms with Crippen LogP contribution in [0.25, 0.3) is 0 Å². The van der Waals surface area contributed by atoms with Gasteiger partial charge in [-0.1, -0.05) is 13.8 Å². The molecule has 1 rings (SSSR count). The van der Waals surface area contributed by atoms with Gasteiger partial charge in [0.2, 0.25) is 5.91 Å². The molecule has 0 saturated heterocycles. The highest BCUT2D eigenvalue weighted by Crippen LogP contribution is 2.18. The smallest absolute Gasteiger partial charge is 0.224 e. The Bertz CT molecular complexity index is 412. The molecular weight excluding hydrogens is 250 g/mol. The van der Waals surface area contributed by atoms with Crippen LogP contribution in [0.1, 0.15) is 26.7 Å². The highest BCUT2D eigenvalue weighted by Gasteiger charge is 2.14. The number of carbonyl (C=O) groups excluding carboxylic acids is 1. The molecule has 1 amide bonds. The van der Waals surface area contributed by atoms with Crippen LogP contribution < -0.4 is 16.0 Å². The molecule has 0 bridgehead atoms. The Morgan fingerprint density at radius 2 is 1.85 bits per heavy atom. The lowest BCUT2D eigenvalue weighted by Crippen LogP contribution is -2.23. The van der Waals surface area contributed by atoms with E-state index in [1.165, 1.54) is 0 Å². The normalized spacial score (nSPS) is 12.3. The monoisotopic (exact) mass is 277 g/mol. The van der Waals surface area contributed by atoms with Gasteiger partial charge in [-0.05, 0) is 49.1 Å². The fraction of sp³-hybridized carbons (Fsp3) is 0.562. The number of nitrogens with two attached hydrogens (primary N) is 1. The molecule has 0 unspecified atom stereocenters. The van der Waals surface area contributed by atoms with E-state index in [1.807, 2.05) is 43.3 Å². The van der Waals surface area contributed by atoms with Crippen molar-refractivity contribution in [1.82, 2.24) is 0 Å². The molecule has 1 aromatic carbocycles. The van der Waals surface area contributed by atoms with Crippen molar-refractivity contribution in [1.29, 1.82) is 0 Å². The number of rotatable bonds is 7. The van der Waals surface area contributed by atoms with Gasteiger partial charge in [0.25, 0.3) is 0 Å². The summed E-state index contributed by atoms with van der Waals surface area (Å²) in [6.07, 6.45) is 1.48. The van der Waals surface area contributed by atoms with Gasteiger partial charge in [0, 0.05) is 31.9 Å². The minimum atomic E-state index is 0.0405. The Morgan fingerprint density at radius 1 is 1.25 bits per heavy atom. The molecule has 0 saturated carbocycles. The van der Waals surface area contributed by atoms with Crippen LogP contribution in [0.4, 0.5) is 11.4 Å². The zero-order valence-electron chi connectivity index (χ0n) is 13.0. The standard InChI is InChI=1S/C16H27N3O/c1-12(2)9-13(11-17)10-16(20)18-14-5-7-15(8-6-14)19(3)4/h5-8,12-13H,9-11,17H2,1-4H3,(H,18,20)/t13-/m0/s1. The quantitative estimate of drug-likeness (QED) is 0.805. The molecule has 4 heteroatoms. The maximum Gasteiger partial charge on any atom is 0.224 e.